The molecular weight excluding hydrogens is 530 g/mol. The number of hydrazine groups is 1. The number of rotatable bonds is 13. The van der Waals surface area contributed by atoms with Crippen molar-refractivity contribution >= 4 is 11.9 Å². The van der Waals surface area contributed by atoms with Crippen molar-refractivity contribution in [1.82, 2.24) is 20.8 Å². The molecule has 0 radical (unpaired) electrons. The molecule has 0 spiro atoms. The molecule has 4 N–H and O–H groups in total. The van der Waals surface area contributed by atoms with Crippen LogP contribution in [0.3, 0.4) is 0 Å². The number of carbonyl (C=O) groups is 1. The predicted octanol–water partition coefficient (Wildman–Crippen LogP) is 7.82. The van der Waals surface area contributed by atoms with Crippen LogP contribution in [0.4, 0.5) is 5.95 Å². The molecule has 1 aliphatic carbocycles. The maximum atomic E-state index is 10.4. The number of carboxylic acids is 1. The van der Waals surface area contributed by atoms with E-state index in [2.05, 4.69) is 39.6 Å². The summed E-state index contributed by atoms with van der Waals surface area (Å²) < 4.78 is 11.0. The van der Waals surface area contributed by atoms with E-state index in [9.17, 15) is 4.79 Å². The van der Waals surface area contributed by atoms with E-state index in [0.717, 1.165) is 54.7 Å². The maximum Gasteiger partial charge on any atom is 0.306 e. The summed E-state index contributed by atoms with van der Waals surface area (Å²) in [7, 11) is 3.49. The van der Waals surface area contributed by atoms with E-state index in [0.29, 0.717) is 18.4 Å². The maximum absolute atomic E-state index is 10.4. The van der Waals surface area contributed by atoms with Gasteiger partial charge in [0.15, 0.2) is 0 Å². The largest absolute Gasteiger partial charge is 0.497 e. The number of hydrogen-bond acceptors (Lipinski definition) is 8. The fourth-order valence-corrected chi connectivity index (χ4v) is 3.92. The molecule has 0 unspecified atom stereocenters. The summed E-state index contributed by atoms with van der Waals surface area (Å²) >= 11 is 0. The highest BCUT2D eigenvalue weighted by Crippen LogP contribution is 2.23. The number of nitrogens with zero attached hydrogens (tertiary/aromatic N) is 2. The van der Waals surface area contributed by atoms with Gasteiger partial charge in [0.2, 0.25) is 11.8 Å². The summed E-state index contributed by atoms with van der Waals surface area (Å²) in [5, 5.41) is 11.8. The van der Waals surface area contributed by atoms with Gasteiger partial charge in [-0.05, 0) is 69.8 Å². The Labute approximate surface area is 256 Å². The molecule has 1 aliphatic rings. The van der Waals surface area contributed by atoms with E-state index in [1.165, 1.54) is 12.0 Å². The highest BCUT2D eigenvalue weighted by Gasteiger charge is 2.19. The minimum absolute atomic E-state index is 0.0289. The number of hydrogen-bond donors (Lipinski definition) is 4. The lowest BCUT2D eigenvalue weighted by Gasteiger charge is -2.17. The predicted molar refractivity (Wildman–Crippen MR) is 176 cm³/mol. The van der Waals surface area contributed by atoms with Crippen LogP contribution in [-0.2, 0) is 9.53 Å². The lowest BCUT2D eigenvalue weighted by atomic mass is 9.90. The third-order valence-electron chi connectivity index (χ3n) is 5.95. The van der Waals surface area contributed by atoms with Crippen molar-refractivity contribution in [2.45, 2.75) is 107 Å². The average Bonchev–Trinajstić information content (AvgIpc) is 2.99. The van der Waals surface area contributed by atoms with Crippen molar-refractivity contribution in [2.24, 2.45) is 5.92 Å². The van der Waals surface area contributed by atoms with Gasteiger partial charge in [0.05, 0.1) is 24.8 Å². The number of carboxylic acid groups (broad SMARTS) is 1. The Balaban J connectivity index is 0. The second-order valence-electron chi connectivity index (χ2n) is 9.48. The molecule has 0 amide bonds. The molecule has 1 saturated carbocycles. The Morgan fingerprint density at radius 1 is 1.14 bits per heavy atom. The van der Waals surface area contributed by atoms with Crippen LogP contribution in [-0.4, -0.2) is 47.8 Å². The summed E-state index contributed by atoms with van der Waals surface area (Å²) in [4.78, 5) is 19.0. The fraction of sp³-hybridized carbons (Fsp3) is 0.606. The highest BCUT2D eigenvalue weighted by atomic mass is 16.5. The Morgan fingerprint density at radius 3 is 2.21 bits per heavy atom. The molecule has 0 saturated heterocycles. The van der Waals surface area contributed by atoms with Gasteiger partial charge >= 0.3 is 5.97 Å². The number of aliphatic carboxylic acids is 1. The van der Waals surface area contributed by atoms with Gasteiger partial charge in [-0.1, -0.05) is 66.5 Å². The van der Waals surface area contributed by atoms with Crippen LogP contribution in [0.5, 0.6) is 5.88 Å². The number of allylic oxidation sites excluding steroid dienone is 4. The quantitative estimate of drug-likeness (QED) is 0.104. The molecule has 2 rings (SSSR count). The molecule has 0 aliphatic heterocycles. The number of aromatic nitrogens is 2. The first-order valence-corrected chi connectivity index (χ1v) is 15.3. The zero-order chi connectivity index (χ0) is 32.5. The Bertz CT molecular complexity index is 980. The Morgan fingerprint density at radius 2 is 1.76 bits per heavy atom. The van der Waals surface area contributed by atoms with Crippen molar-refractivity contribution in [2.75, 3.05) is 26.0 Å². The summed E-state index contributed by atoms with van der Waals surface area (Å²) in [6, 6.07) is 1.75. The molecule has 1 heterocycles. The zero-order valence-electron chi connectivity index (χ0n) is 28.2. The number of ether oxygens (including phenoxy) is 2. The Hall–Kier alpha value is -3.33. The topological polar surface area (TPSA) is 118 Å². The number of anilines is 1. The van der Waals surface area contributed by atoms with Gasteiger partial charge in [-0.3, -0.25) is 4.79 Å². The van der Waals surface area contributed by atoms with Gasteiger partial charge in [0, 0.05) is 25.9 Å². The summed E-state index contributed by atoms with van der Waals surface area (Å²) in [5.41, 5.74) is 10.4. The number of methoxy groups -OCH3 is 1. The second kappa shape index (κ2) is 25.4. The van der Waals surface area contributed by atoms with Crippen molar-refractivity contribution in [3.8, 4) is 5.88 Å². The van der Waals surface area contributed by atoms with Gasteiger partial charge in [0.25, 0.3) is 0 Å². The van der Waals surface area contributed by atoms with E-state index >= 15 is 0 Å². The smallest absolute Gasteiger partial charge is 0.306 e. The monoisotopic (exact) mass is 589 g/mol. The molecule has 0 atom stereocenters. The van der Waals surface area contributed by atoms with E-state index in [1.807, 2.05) is 74.6 Å². The zero-order valence-corrected chi connectivity index (χ0v) is 28.2. The minimum Gasteiger partial charge on any atom is -0.497 e. The average molecular weight is 590 g/mol. The van der Waals surface area contributed by atoms with E-state index in [-0.39, 0.29) is 12.0 Å². The highest BCUT2D eigenvalue weighted by molar-refractivity contribution is 5.69. The van der Waals surface area contributed by atoms with Crippen LogP contribution in [0.25, 0.3) is 0 Å². The van der Waals surface area contributed by atoms with Crippen molar-refractivity contribution in [3.05, 3.63) is 59.2 Å². The van der Waals surface area contributed by atoms with Crippen LogP contribution in [0.15, 0.2) is 59.2 Å². The van der Waals surface area contributed by atoms with Gasteiger partial charge in [0.1, 0.15) is 5.76 Å². The minimum atomic E-state index is -0.602. The summed E-state index contributed by atoms with van der Waals surface area (Å²) in [6.45, 7) is 22.5. The van der Waals surface area contributed by atoms with Gasteiger partial charge in [-0.15, -0.1) is 0 Å². The molecule has 9 nitrogen and oxygen atoms in total. The molecular formula is C33H59N5O4. The van der Waals surface area contributed by atoms with Gasteiger partial charge in [-0.2, -0.15) is 4.98 Å². The van der Waals surface area contributed by atoms with E-state index in [4.69, 9.17) is 14.6 Å². The third kappa shape index (κ3) is 17.5. The molecule has 1 aromatic heterocycles. The van der Waals surface area contributed by atoms with Crippen LogP contribution >= 0.6 is 0 Å². The van der Waals surface area contributed by atoms with Crippen LogP contribution in [0.2, 0.25) is 0 Å². The van der Waals surface area contributed by atoms with Crippen molar-refractivity contribution in [1.29, 1.82) is 0 Å². The molecule has 42 heavy (non-hydrogen) atoms. The molecule has 240 valence electrons. The Kier molecular flexibility index (Phi) is 24.7. The summed E-state index contributed by atoms with van der Waals surface area (Å²) in [5.74, 6) is 1.21. The number of nitrogens with one attached hydrogen (secondary N) is 3. The first-order valence-electron chi connectivity index (χ1n) is 15.3. The van der Waals surface area contributed by atoms with Crippen molar-refractivity contribution in [3.63, 3.8) is 0 Å². The molecule has 0 aromatic carbocycles. The van der Waals surface area contributed by atoms with Crippen molar-refractivity contribution < 1.29 is 19.4 Å². The molecule has 1 fully saturated rings. The van der Waals surface area contributed by atoms with E-state index in [1.54, 1.807) is 19.4 Å². The molecule has 0 bridgehead atoms. The normalized spacial score (nSPS) is 14.0. The summed E-state index contributed by atoms with van der Waals surface area (Å²) in [6.07, 6.45) is 11.8. The van der Waals surface area contributed by atoms with Crippen LogP contribution in [0.1, 0.15) is 101 Å². The first-order chi connectivity index (χ1) is 20.1. The standard InChI is InChI=1S/C22H35N5O2.C7H12O2.2C2H6/c1-9-18(14-25-22-24-13-12-20(26-22)29-16(4)5)21(27-23-7)17(6)10-11-19(28-8)15(2)3;8-7(9)6-4-2-1-3-5-6;2*1-2/h10-13,16,23,27H,2,9,14H2,1,3-8H3,(H,24,25,26);6H,1-5H2,(H,8,9);2*1-2H3/b17-10+,19-11+,21-18+;;;. The molecule has 1 aromatic rings. The lowest BCUT2D eigenvalue weighted by Crippen LogP contribution is -2.29. The fourth-order valence-electron chi connectivity index (χ4n) is 3.92. The van der Waals surface area contributed by atoms with Gasteiger partial charge < -0.3 is 25.3 Å². The third-order valence-corrected chi connectivity index (χ3v) is 5.95. The first kappa shape index (κ1) is 40.8. The van der Waals surface area contributed by atoms with Gasteiger partial charge in [-0.25, -0.2) is 10.4 Å². The van der Waals surface area contributed by atoms with E-state index < -0.39 is 5.97 Å². The van der Waals surface area contributed by atoms with Crippen LogP contribution < -0.4 is 20.9 Å². The van der Waals surface area contributed by atoms with Crippen LogP contribution in [0, 0.1) is 5.92 Å². The second-order valence-corrected chi connectivity index (χ2v) is 9.48. The SMILES string of the molecule is C=C(C)\C(=C/C=C(C)/C(NNC)=C(/CC)CNc1nccc(OC(C)C)n1)OC.CC.CC.O=C(O)C1CCCCC1. The lowest BCUT2D eigenvalue weighted by molar-refractivity contribution is -0.142. The molecule has 9 heteroatoms.